The van der Waals surface area contributed by atoms with Crippen LogP contribution in [-0.2, 0) is 48.9 Å². The van der Waals surface area contributed by atoms with Crippen LogP contribution in [0, 0.1) is 0 Å². The van der Waals surface area contributed by atoms with Crippen LogP contribution < -0.4 is 36.9 Å². The van der Waals surface area contributed by atoms with Gasteiger partial charge in [0.2, 0.25) is 26.0 Å². The Morgan fingerprint density at radius 3 is 1.29 bits per heavy atom. The van der Waals surface area contributed by atoms with Gasteiger partial charge in [-0.2, -0.15) is 0 Å². The van der Waals surface area contributed by atoms with Crippen LogP contribution in [0.5, 0.6) is 0 Å². The molecule has 0 radical (unpaired) electrons. The van der Waals surface area contributed by atoms with E-state index in [1.54, 1.807) is 18.2 Å². The Labute approximate surface area is 642 Å². The fourth-order valence-electron chi connectivity index (χ4n) is 8.43. The van der Waals surface area contributed by atoms with Crippen LogP contribution in [0.1, 0.15) is 86.8 Å². The number of rotatable bonds is 28. The third-order valence-corrected chi connectivity index (χ3v) is 22.1. The van der Waals surface area contributed by atoms with Crippen molar-refractivity contribution in [3.05, 3.63) is 162 Å². The van der Waals surface area contributed by atoms with Crippen molar-refractivity contribution >= 4 is 248 Å². The summed E-state index contributed by atoms with van der Waals surface area (Å²) in [6.07, 6.45) is 2.68. The SMILES string of the molecule is NCCCCNS(=O)(=O)c1ccc(Cl)cc1Cl.N[C@@H](CC(Cl)Cl)C(=O)O.O=C(N[C@@H](CC(Cl)Cl)C(=O)O)c1cc2ccccc2s1.O=C(N[C@H](CC(Cl)Cl)C(=O)NCCCCNS(=O)(=O)c1ccc(Cl)cc1Cl)c1cc2ccccc2s1.O=C(ON1C(=O)CCC1=O)c1cc2ccccc2s1. The number of nitrogens with one attached hydrogen (secondary N) is 5. The van der Waals surface area contributed by atoms with E-state index in [4.69, 9.17) is 143 Å². The quantitative estimate of drug-likeness (QED) is 0.0125. The lowest BCUT2D eigenvalue weighted by atomic mass is 10.2. The van der Waals surface area contributed by atoms with Gasteiger partial charge in [-0.05, 0) is 121 Å². The number of unbranched alkanes of at least 4 members (excludes halogenated alkanes) is 2. The lowest BCUT2D eigenvalue weighted by Crippen LogP contribution is -2.47. The molecule has 11 N–H and O–H groups in total. The van der Waals surface area contributed by atoms with Gasteiger partial charge in [-0.15, -0.1) is 109 Å². The molecule has 38 heteroatoms. The normalized spacial score (nSPS) is 13.0. The summed E-state index contributed by atoms with van der Waals surface area (Å²) in [7, 11) is -7.36. The number of sulfonamides is 2. The Morgan fingerprint density at radius 1 is 0.515 bits per heavy atom. The van der Waals surface area contributed by atoms with Gasteiger partial charge in [0, 0.05) is 75.9 Å². The number of amides is 5. The number of nitrogens with zero attached hydrogens (tertiary/aromatic N) is 1. The fourth-order valence-corrected chi connectivity index (χ4v) is 16.1. The van der Waals surface area contributed by atoms with Crippen molar-refractivity contribution in [3.8, 4) is 0 Å². The highest BCUT2D eigenvalue weighted by atomic mass is 35.5. The van der Waals surface area contributed by atoms with Crippen LogP contribution in [0.25, 0.3) is 30.3 Å². The van der Waals surface area contributed by atoms with Crippen LogP contribution in [-0.4, -0.2) is 138 Å². The predicted octanol–water partition coefficient (Wildman–Crippen LogP) is 13.4. The average molecular weight is 1690 g/mol. The van der Waals surface area contributed by atoms with Gasteiger partial charge in [-0.25, -0.2) is 35.9 Å². The number of hydroxylamine groups is 2. The van der Waals surface area contributed by atoms with Gasteiger partial charge in [0.05, 0.1) is 19.8 Å². The molecule has 0 unspecified atom stereocenters. The summed E-state index contributed by atoms with van der Waals surface area (Å²) in [5, 5.41) is 29.3. The Hall–Kier alpha value is -5.42. The highest BCUT2D eigenvalue weighted by Gasteiger charge is 2.34. The van der Waals surface area contributed by atoms with E-state index in [-0.39, 0.29) is 70.9 Å². The van der Waals surface area contributed by atoms with Gasteiger partial charge in [0.15, 0.2) is 0 Å². The number of carbonyl (C=O) groups excluding carboxylic acids is 6. The molecule has 0 spiro atoms. The van der Waals surface area contributed by atoms with E-state index in [1.807, 2.05) is 72.8 Å². The van der Waals surface area contributed by atoms with E-state index < -0.39 is 94.2 Å². The molecule has 1 fully saturated rings. The maximum atomic E-state index is 12.7. The zero-order valence-electron chi connectivity index (χ0n) is 52.4. The molecule has 4 heterocycles. The first kappa shape index (κ1) is 86.2. The van der Waals surface area contributed by atoms with Gasteiger partial charge in [-0.3, -0.25) is 28.8 Å². The van der Waals surface area contributed by atoms with E-state index in [2.05, 4.69) is 25.4 Å². The number of halogens is 10. The zero-order chi connectivity index (χ0) is 74.7. The molecule has 23 nitrogen and oxygen atoms in total. The van der Waals surface area contributed by atoms with Crippen molar-refractivity contribution in [3.63, 3.8) is 0 Å². The number of carboxylic acid groups (broad SMARTS) is 2. The molecular weight excluding hydrogens is 1620 g/mol. The second-order valence-corrected chi connectivity index (χ2v) is 33.3. The molecule has 0 bridgehead atoms. The summed E-state index contributed by atoms with van der Waals surface area (Å²) >= 11 is 60.6. The number of carboxylic acids is 2. The van der Waals surface area contributed by atoms with Crippen molar-refractivity contribution in [1.82, 2.24) is 30.5 Å². The second-order valence-electron chi connectivity index (χ2n) is 21.1. The van der Waals surface area contributed by atoms with Gasteiger partial charge >= 0.3 is 17.9 Å². The fraction of sp³-hybridized carbons (Fsp3) is 0.302. The standard InChI is InChI=1S/C23H23Cl4N3O4S2.C13H11Cl2NO3S.C13H9NO4S.C10H14Cl2N2O2S.C4H7Cl2NO2/c24-15-7-8-20(16(25)12-15)36(33,34)29-10-4-3-9-28-22(31)17(13-21(26)27)30-23(32)19-11-14-5-1-2-6-18(14)35-19;14-11(15)6-8(13(18)19)16-12(17)10-5-7-3-1-2-4-9(7)20-10;15-11-5-6-12(16)14(11)18-13(17)10-7-8-3-1-2-4-9(8)19-10;11-8-3-4-10(9(12)7-8)17(15,16)14-6-2-1-5-13;5-3(6)1-2(7)4(8)9/h1-2,5-8,11-12,17,21,29H,3-4,9-10,13H2,(H,28,31)(H,30,32);1-5,8,11H,6H2,(H,16,17)(H,18,19);1-4,7H,5-6H2;3-4,7,14H,1-2,5-6,13H2;2-3H,1,7H2,(H,8,9)/t17-;8-;;;2-/m10..0/s1. The lowest BCUT2D eigenvalue weighted by Gasteiger charge is -2.18. The maximum absolute atomic E-state index is 12.7. The second kappa shape index (κ2) is 42.5. The first-order valence-corrected chi connectivity index (χ1v) is 39.3. The van der Waals surface area contributed by atoms with Crippen molar-refractivity contribution in [1.29, 1.82) is 0 Å². The van der Waals surface area contributed by atoms with Gasteiger partial charge in [0.1, 0.15) is 47.3 Å². The zero-order valence-corrected chi connectivity index (χ0v) is 64.0. The highest BCUT2D eigenvalue weighted by molar-refractivity contribution is 7.90. The molecule has 8 aromatic rings. The summed E-state index contributed by atoms with van der Waals surface area (Å²) in [5.41, 5.74) is 10.4. The molecule has 101 heavy (non-hydrogen) atoms. The number of alkyl halides is 6. The molecule has 1 aliphatic rings. The third-order valence-electron chi connectivity index (χ3n) is 13.4. The number of fused-ring (bicyclic) bond motifs is 3. The summed E-state index contributed by atoms with van der Waals surface area (Å²) < 4.78 is 56.3. The Kier molecular flexibility index (Phi) is 36.3. The van der Waals surface area contributed by atoms with Crippen molar-refractivity contribution in [2.24, 2.45) is 11.5 Å². The van der Waals surface area contributed by atoms with Gasteiger partial charge in [-0.1, -0.05) is 101 Å². The summed E-state index contributed by atoms with van der Waals surface area (Å²) in [4.78, 5) is 96.9. The lowest BCUT2D eigenvalue weighted by molar-refractivity contribution is -0.172. The van der Waals surface area contributed by atoms with E-state index in [0.29, 0.717) is 62.1 Å². The third kappa shape index (κ3) is 28.9. The number of hydrogen-bond donors (Lipinski definition) is 9. The van der Waals surface area contributed by atoms with Gasteiger partial charge in [0.25, 0.3) is 23.6 Å². The van der Waals surface area contributed by atoms with Gasteiger partial charge < -0.3 is 42.5 Å². The molecule has 1 aliphatic heterocycles. The summed E-state index contributed by atoms with van der Waals surface area (Å²) in [6.45, 7) is 1.31. The molecule has 3 aromatic heterocycles. The van der Waals surface area contributed by atoms with E-state index in [9.17, 15) is 55.2 Å². The summed E-state index contributed by atoms with van der Waals surface area (Å²) in [5.74, 6) is -5.12. The number of benzene rings is 5. The Balaban J connectivity index is 0.000000243. The van der Waals surface area contributed by atoms with E-state index in [0.717, 1.165) is 36.7 Å². The minimum Gasteiger partial charge on any atom is -0.480 e. The minimum absolute atomic E-state index is 0.0305. The largest absolute Gasteiger partial charge is 0.480 e. The van der Waals surface area contributed by atoms with Crippen LogP contribution in [0.15, 0.2) is 137 Å². The van der Waals surface area contributed by atoms with Crippen LogP contribution in [0.2, 0.25) is 20.1 Å². The molecule has 5 aromatic carbocycles. The van der Waals surface area contributed by atoms with Crippen LogP contribution in [0.4, 0.5) is 0 Å². The van der Waals surface area contributed by atoms with Crippen molar-refractivity contribution < 1.29 is 70.2 Å². The van der Waals surface area contributed by atoms with E-state index >= 15 is 0 Å². The number of hydrogen-bond acceptors (Lipinski definition) is 18. The smallest absolute Gasteiger partial charge is 0.373 e. The Bertz CT molecular complexity index is 4300. The molecule has 3 atom stereocenters. The minimum atomic E-state index is -3.79. The van der Waals surface area contributed by atoms with Crippen molar-refractivity contribution in [2.75, 3.05) is 26.2 Å². The predicted molar refractivity (Wildman–Crippen MR) is 402 cm³/mol. The number of imide groups is 1. The molecule has 546 valence electrons. The topological polar surface area (TPSA) is 370 Å². The number of thiophene rings is 3. The van der Waals surface area contributed by atoms with E-state index in [1.165, 1.54) is 70.4 Å². The van der Waals surface area contributed by atoms with Crippen LogP contribution >= 0.6 is 150 Å². The number of aliphatic carboxylic acids is 2. The first-order valence-electron chi connectivity index (χ1n) is 29.8. The maximum Gasteiger partial charge on any atom is 0.373 e. The molecular formula is C63H64Cl10N8O15S5. The number of nitrogens with two attached hydrogens (primary N) is 2. The molecule has 0 aliphatic carbocycles. The molecule has 1 saturated heterocycles. The Morgan fingerprint density at radius 2 is 0.901 bits per heavy atom. The van der Waals surface area contributed by atoms with Crippen LogP contribution in [0.3, 0.4) is 0 Å². The highest BCUT2D eigenvalue weighted by Crippen LogP contribution is 2.30. The monoisotopic (exact) mass is 1680 g/mol. The number of carbonyl (C=O) groups is 8. The first-order chi connectivity index (χ1) is 47.7. The van der Waals surface area contributed by atoms with Crippen molar-refractivity contribution in [2.45, 2.75) is 100 Å². The summed E-state index contributed by atoms with van der Waals surface area (Å²) in [6, 6.07) is 33.3. The molecule has 0 saturated carbocycles. The molecule has 5 amide bonds. The molecule has 9 rings (SSSR count). The average Bonchev–Trinajstić information content (AvgIpc) is 1.72.